The van der Waals surface area contributed by atoms with E-state index in [2.05, 4.69) is 143 Å². The molecule has 0 bridgehead atoms. The Labute approximate surface area is 326 Å². The number of alkyl halides is 2. The second-order valence-corrected chi connectivity index (χ2v) is 19.2. The molecular weight excluding hydrogens is 1230 g/mol. The number of halogens is 11. The average molecular weight is 1240 g/mol. The number of hydrogen-bond donors (Lipinski definition) is 6. The summed E-state index contributed by atoms with van der Waals surface area (Å²) in [6.45, 7) is 0. The molecule has 0 aliphatic rings. The lowest BCUT2D eigenvalue weighted by Gasteiger charge is -2.40. The summed E-state index contributed by atoms with van der Waals surface area (Å²) in [7, 11) is -9.77. The van der Waals surface area contributed by atoms with Gasteiger partial charge in [-0.25, -0.2) is 4.57 Å². The number of phosphoric acid groups is 1. The van der Waals surface area contributed by atoms with E-state index in [1.165, 1.54) is 0 Å². The van der Waals surface area contributed by atoms with Crippen molar-refractivity contribution in [3.05, 3.63) is 93.3 Å². The van der Waals surface area contributed by atoms with Gasteiger partial charge in [0.05, 0.1) is 0 Å². The van der Waals surface area contributed by atoms with Gasteiger partial charge in [-0.1, -0.05) is 41.4 Å². The van der Waals surface area contributed by atoms with Crippen LogP contribution in [-0.2, 0) is 19.0 Å². The van der Waals surface area contributed by atoms with E-state index in [0.717, 1.165) is 4.47 Å². The lowest BCUT2D eigenvalue weighted by molar-refractivity contribution is 0.0523. The van der Waals surface area contributed by atoms with Gasteiger partial charge < -0.3 is 29.0 Å². The van der Waals surface area contributed by atoms with Gasteiger partial charge in [0.2, 0.25) is 0 Å². The summed E-state index contributed by atoms with van der Waals surface area (Å²) in [5, 5.41) is 0. The van der Waals surface area contributed by atoms with E-state index in [0.29, 0.717) is 52.5 Å². The standard InChI is InChI=1S/C21H10Br9Cl2O4P.H4O4Si/c22-11-4-1-8(14(25)17(11)28)20(36-37(33,34)35,9-2-5-12(23)18(29)15(9)26)7-21(31,32)10-3-6-13(24)19(30)16(10)27;1-5(2,3)4/h1-6H,7H2,(H2,33,34,35);1-4H. The van der Waals surface area contributed by atoms with Crippen LogP contribution >= 0.6 is 174 Å². The van der Waals surface area contributed by atoms with Crippen LogP contribution in [-0.4, -0.2) is 38.0 Å². The third-order valence-electron chi connectivity index (χ3n) is 5.12. The molecule has 0 heterocycles. The summed E-state index contributed by atoms with van der Waals surface area (Å²) >= 11 is 45.7. The van der Waals surface area contributed by atoms with Crippen LogP contribution in [0.25, 0.3) is 0 Å². The fourth-order valence-corrected chi connectivity index (χ4v) is 9.99. The molecule has 0 unspecified atom stereocenters. The van der Waals surface area contributed by atoms with Gasteiger partial charge in [-0.05, 0) is 162 Å². The van der Waals surface area contributed by atoms with Crippen LogP contribution in [0.15, 0.2) is 76.7 Å². The molecule has 0 amide bonds. The molecule has 8 nitrogen and oxygen atoms in total. The molecule has 3 rings (SSSR count). The van der Waals surface area contributed by atoms with Gasteiger partial charge in [-0.15, -0.1) is 0 Å². The number of phosphoric ester groups is 1. The minimum Gasteiger partial charge on any atom is -0.368 e. The van der Waals surface area contributed by atoms with E-state index in [1.807, 2.05) is 0 Å². The lowest BCUT2D eigenvalue weighted by atomic mass is 9.81. The van der Waals surface area contributed by atoms with E-state index in [-0.39, 0.29) is 6.42 Å². The molecule has 0 saturated heterocycles. The zero-order valence-electron chi connectivity index (χ0n) is 19.8. The molecule has 42 heavy (non-hydrogen) atoms. The van der Waals surface area contributed by atoms with Crippen LogP contribution in [0.5, 0.6) is 0 Å². The second-order valence-electron chi connectivity index (χ2n) is 8.06. The van der Waals surface area contributed by atoms with Crippen molar-refractivity contribution in [1.29, 1.82) is 0 Å². The smallest absolute Gasteiger partial charge is 0.368 e. The number of hydrogen-bond acceptors (Lipinski definition) is 6. The molecule has 21 heteroatoms. The molecule has 3 aromatic rings. The summed E-state index contributed by atoms with van der Waals surface area (Å²) in [4.78, 5) is 49.7. The molecule has 232 valence electrons. The second kappa shape index (κ2) is 16.0. The highest BCUT2D eigenvalue weighted by molar-refractivity contribution is 9.15. The van der Waals surface area contributed by atoms with Crippen LogP contribution in [0.1, 0.15) is 23.1 Å². The zero-order valence-corrected chi connectivity index (χ0v) is 37.5. The van der Waals surface area contributed by atoms with Crippen LogP contribution in [0.2, 0.25) is 0 Å². The van der Waals surface area contributed by atoms with Gasteiger partial charge >= 0.3 is 16.9 Å². The van der Waals surface area contributed by atoms with E-state index < -0.39 is 26.8 Å². The van der Waals surface area contributed by atoms with Gasteiger partial charge in [0.15, 0.2) is 0 Å². The van der Waals surface area contributed by atoms with E-state index in [9.17, 15) is 14.4 Å². The third-order valence-corrected chi connectivity index (χ3v) is 16.5. The predicted molar refractivity (Wildman–Crippen MR) is 195 cm³/mol. The third kappa shape index (κ3) is 10.6. The van der Waals surface area contributed by atoms with Gasteiger partial charge in [-0.2, -0.15) is 0 Å². The van der Waals surface area contributed by atoms with Gasteiger partial charge in [-0.3, -0.25) is 4.52 Å². The Morgan fingerprint density at radius 3 is 1.21 bits per heavy atom. The Balaban J connectivity index is 0.00000113. The van der Waals surface area contributed by atoms with Crippen LogP contribution < -0.4 is 0 Å². The molecular formula is C21H14Br9Cl2O8PSi. The van der Waals surface area contributed by atoms with E-state index >= 15 is 0 Å². The lowest BCUT2D eigenvalue weighted by Crippen LogP contribution is -2.37. The van der Waals surface area contributed by atoms with Crippen LogP contribution in [0, 0.1) is 0 Å². The molecule has 0 saturated carbocycles. The minimum atomic E-state index is -5.16. The van der Waals surface area contributed by atoms with Gasteiger partial charge in [0, 0.05) is 63.4 Å². The first-order chi connectivity index (χ1) is 18.9. The van der Waals surface area contributed by atoms with Crippen molar-refractivity contribution in [1.82, 2.24) is 0 Å². The van der Waals surface area contributed by atoms with Gasteiger partial charge in [0.25, 0.3) is 0 Å². The van der Waals surface area contributed by atoms with E-state index in [1.54, 1.807) is 36.4 Å². The first-order valence-corrected chi connectivity index (χ1v) is 21.6. The van der Waals surface area contributed by atoms with Crippen molar-refractivity contribution in [3.63, 3.8) is 0 Å². The molecule has 0 aliphatic carbocycles. The Morgan fingerprint density at radius 2 is 0.905 bits per heavy atom. The highest BCUT2D eigenvalue weighted by Gasteiger charge is 2.51. The fourth-order valence-electron chi connectivity index (χ4n) is 3.56. The largest absolute Gasteiger partial charge is 0.668 e. The van der Waals surface area contributed by atoms with Gasteiger partial charge in [0.1, 0.15) is 9.93 Å². The summed E-state index contributed by atoms with van der Waals surface area (Å²) in [6.07, 6.45) is -0.319. The quantitative estimate of drug-likeness (QED) is 0.0594. The van der Waals surface area contributed by atoms with Crippen LogP contribution in [0.4, 0.5) is 0 Å². The molecule has 0 atom stereocenters. The molecule has 3 aromatic carbocycles. The van der Waals surface area contributed by atoms with Crippen molar-refractivity contribution in [2.45, 2.75) is 16.4 Å². The van der Waals surface area contributed by atoms with Crippen molar-refractivity contribution in [3.8, 4) is 0 Å². The molecule has 0 aromatic heterocycles. The Hall–Kier alpha value is 2.73. The molecule has 6 N–H and O–H groups in total. The molecule has 0 fully saturated rings. The first-order valence-electron chi connectivity index (χ1n) is 10.4. The van der Waals surface area contributed by atoms with Crippen LogP contribution in [0.3, 0.4) is 0 Å². The van der Waals surface area contributed by atoms with Crippen molar-refractivity contribution in [2.24, 2.45) is 0 Å². The maximum absolute atomic E-state index is 12.6. The average Bonchev–Trinajstić information content (AvgIpc) is 2.81. The molecule has 0 spiro atoms. The monoisotopic (exact) mass is 1230 g/mol. The normalized spacial score (nSPS) is 12.7. The Kier molecular flexibility index (Phi) is 15.5. The maximum atomic E-state index is 12.6. The predicted octanol–water partition coefficient (Wildman–Crippen LogP) is 10.0. The number of benzene rings is 3. The highest BCUT2D eigenvalue weighted by Crippen LogP contribution is 2.60. The fraction of sp³-hybridized carbons (Fsp3) is 0.143. The number of rotatable bonds is 7. The minimum absolute atomic E-state index is 0.319. The Morgan fingerprint density at radius 1 is 0.619 bits per heavy atom. The summed E-state index contributed by atoms with van der Waals surface area (Å²) in [5.74, 6) is 0. The Bertz CT molecular complexity index is 1480. The topological polar surface area (TPSA) is 148 Å². The SMILES string of the molecule is O=P(O)(O)OC(CC(Cl)(Cl)c1ccc(Br)c(Br)c1Br)(c1ccc(Br)c(Br)c1Br)c1ccc(Br)c(Br)c1Br.O[Si](O)(O)O. The summed E-state index contributed by atoms with van der Waals surface area (Å²) in [5.41, 5.74) is -0.715. The maximum Gasteiger partial charge on any atom is 0.668 e. The van der Waals surface area contributed by atoms with Crippen molar-refractivity contribution in [2.75, 3.05) is 0 Å². The summed E-state index contributed by atoms with van der Waals surface area (Å²) < 4.78 is 22.1. The first kappa shape index (κ1) is 40.9. The molecule has 0 aliphatic heterocycles. The van der Waals surface area contributed by atoms with Crippen molar-refractivity contribution >= 4 is 183 Å². The van der Waals surface area contributed by atoms with Crippen molar-refractivity contribution < 1.29 is 38.1 Å². The highest BCUT2D eigenvalue weighted by atomic mass is 79.9. The van der Waals surface area contributed by atoms with E-state index in [4.69, 9.17) is 46.9 Å². The molecule has 0 radical (unpaired) electrons. The summed E-state index contributed by atoms with van der Waals surface area (Å²) in [6, 6.07) is 10.3. The zero-order chi connectivity index (χ0) is 32.6.